The number of aryl methyl sites for hydroxylation is 1. The molecular weight excluding hydrogens is 416 g/mol. The van der Waals surface area contributed by atoms with E-state index >= 15 is 0 Å². The molecule has 2 aromatic carbocycles. The quantitative estimate of drug-likeness (QED) is 0.473. The topological polar surface area (TPSA) is 106 Å². The van der Waals surface area contributed by atoms with E-state index in [1.54, 1.807) is 32.0 Å². The van der Waals surface area contributed by atoms with Gasteiger partial charge in [0.05, 0.1) is 10.6 Å². The largest absolute Gasteiger partial charge is 0.337 e. The molecule has 0 atom stereocenters. The number of rotatable bonds is 6. The highest BCUT2D eigenvalue weighted by Crippen LogP contribution is 2.23. The summed E-state index contributed by atoms with van der Waals surface area (Å²) in [4.78, 5) is 12.7. The normalized spacial score (nSPS) is 11.3. The number of benzene rings is 2. The van der Waals surface area contributed by atoms with E-state index < -0.39 is 10.0 Å². The van der Waals surface area contributed by atoms with Gasteiger partial charge in [0, 0.05) is 34.9 Å². The Morgan fingerprint density at radius 3 is 2.35 bits per heavy atom. The van der Waals surface area contributed by atoms with Gasteiger partial charge in [0.1, 0.15) is 0 Å². The Bertz CT molecular complexity index is 1320. The fraction of sp³-hybridized carbons (Fsp3) is 0.0909. The van der Waals surface area contributed by atoms with Gasteiger partial charge in [0.2, 0.25) is 5.88 Å². The predicted octanol–water partition coefficient (Wildman–Crippen LogP) is 4.14. The molecule has 0 saturated carbocycles. The zero-order valence-electron chi connectivity index (χ0n) is 16.9. The van der Waals surface area contributed by atoms with Crippen molar-refractivity contribution in [3.63, 3.8) is 0 Å². The summed E-state index contributed by atoms with van der Waals surface area (Å²) in [6.07, 6.45) is 3.79. The van der Waals surface area contributed by atoms with Crippen molar-refractivity contribution in [2.75, 3.05) is 10.0 Å². The minimum atomic E-state index is -3.85. The summed E-state index contributed by atoms with van der Waals surface area (Å²) in [7, 11) is -3.85. The molecule has 2 aromatic heterocycles. The van der Waals surface area contributed by atoms with E-state index in [4.69, 9.17) is 4.52 Å². The number of amides is 1. The van der Waals surface area contributed by atoms with E-state index in [2.05, 4.69) is 15.2 Å². The highest BCUT2D eigenvalue weighted by atomic mass is 32.2. The summed E-state index contributed by atoms with van der Waals surface area (Å²) in [5.74, 6) is -0.215. The minimum absolute atomic E-state index is 0.0357. The van der Waals surface area contributed by atoms with Gasteiger partial charge in [-0.2, -0.15) is 0 Å². The second-order valence-electron chi connectivity index (χ2n) is 6.95. The van der Waals surface area contributed by atoms with E-state index in [1.807, 2.05) is 35.2 Å². The van der Waals surface area contributed by atoms with E-state index in [0.717, 1.165) is 5.69 Å². The summed E-state index contributed by atoms with van der Waals surface area (Å²) < 4.78 is 34.5. The lowest BCUT2D eigenvalue weighted by molar-refractivity contribution is 0.102. The summed E-state index contributed by atoms with van der Waals surface area (Å²) in [6.45, 7) is 3.44. The van der Waals surface area contributed by atoms with Crippen LogP contribution in [0.1, 0.15) is 21.6 Å². The highest BCUT2D eigenvalue weighted by molar-refractivity contribution is 7.92. The molecule has 2 heterocycles. The molecule has 0 aliphatic carbocycles. The van der Waals surface area contributed by atoms with E-state index in [9.17, 15) is 13.2 Å². The number of nitrogens with one attached hydrogen (secondary N) is 2. The summed E-state index contributed by atoms with van der Waals surface area (Å²) in [5, 5.41) is 6.52. The molecule has 0 aliphatic heterocycles. The second-order valence-corrected chi connectivity index (χ2v) is 8.63. The number of sulfonamides is 1. The van der Waals surface area contributed by atoms with Crippen molar-refractivity contribution in [3.05, 3.63) is 89.9 Å². The van der Waals surface area contributed by atoms with Crippen LogP contribution < -0.4 is 10.0 Å². The average molecular weight is 436 g/mol. The molecule has 0 fully saturated rings. The van der Waals surface area contributed by atoms with E-state index in [-0.39, 0.29) is 16.7 Å². The third-order valence-electron chi connectivity index (χ3n) is 4.82. The lowest BCUT2D eigenvalue weighted by Gasteiger charge is -2.09. The fourth-order valence-corrected chi connectivity index (χ4v) is 3.97. The van der Waals surface area contributed by atoms with Gasteiger partial charge in [0.25, 0.3) is 15.9 Å². The zero-order valence-corrected chi connectivity index (χ0v) is 17.7. The Morgan fingerprint density at radius 1 is 1.00 bits per heavy atom. The van der Waals surface area contributed by atoms with Crippen LogP contribution in [0.4, 0.5) is 11.6 Å². The Hall–Kier alpha value is -3.85. The molecule has 31 heavy (non-hydrogen) atoms. The van der Waals surface area contributed by atoms with Crippen molar-refractivity contribution < 1.29 is 17.7 Å². The maximum atomic E-state index is 12.6. The maximum absolute atomic E-state index is 12.6. The first-order chi connectivity index (χ1) is 14.8. The van der Waals surface area contributed by atoms with Crippen molar-refractivity contribution >= 4 is 27.5 Å². The number of hydrogen-bond acceptors (Lipinski definition) is 5. The second kappa shape index (κ2) is 8.11. The fourth-order valence-electron chi connectivity index (χ4n) is 2.93. The molecule has 1 amide bonds. The predicted molar refractivity (Wildman–Crippen MR) is 117 cm³/mol. The van der Waals surface area contributed by atoms with Crippen LogP contribution >= 0.6 is 0 Å². The van der Waals surface area contributed by atoms with Gasteiger partial charge >= 0.3 is 0 Å². The molecule has 4 aromatic rings. The van der Waals surface area contributed by atoms with Crippen LogP contribution in [-0.2, 0) is 10.0 Å². The molecule has 0 aliphatic rings. The maximum Gasteiger partial charge on any atom is 0.264 e. The van der Waals surface area contributed by atoms with Crippen molar-refractivity contribution in [1.82, 2.24) is 9.72 Å². The smallest absolute Gasteiger partial charge is 0.264 e. The van der Waals surface area contributed by atoms with Gasteiger partial charge in [-0.1, -0.05) is 11.2 Å². The standard InChI is InChI=1S/C22H20N4O4S/c1-15-16(2)24-30-22(15)25-31(28,29)20-10-8-18(9-11-20)23-21(27)17-6-5-7-19(14-17)26-12-3-4-13-26/h3-14,25H,1-2H3,(H,23,27). The van der Waals surface area contributed by atoms with Crippen LogP contribution in [0.25, 0.3) is 5.69 Å². The number of nitrogens with zero attached hydrogens (tertiary/aromatic N) is 2. The summed E-state index contributed by atoms with van der Waals surface area (Å²) in [6, 6.07) is 16.9. The number of carbonyl (C=O) groups excluding carboxylic acids is 1. The number of carbonyl (C=O) groups is 1. The minimum Gasteiger partial charge on any atom is -0.337 e. The molecule has 0 saturated heterocycles. The van der Waals surface area contributed by atoms with Crippen molar-refractivity contribution in [1.29, 1.82) is 0 Å². The first-order valence-electron chi connectivity index (χ1n) is 9.44. The van der Waals surface area contributed by atoms with Crippen LogP contribution in [0.2, 0.25) is 0 Å². The molecule has 4 rings (SSSR count). The van der Waals surface area contributed by atoms with Crippen LogP contribution in [0.3, 0.4) is 0 Å². The Morgan fingerprint density at radius 2 is 1.71 bits per heavy atom. The lowest BCUT2D eigenvalue weighted by Crippen LogP contribution is -2.14. The van der Waals surface area contributed by atoms with E-state index in [1.165, 1.54) is 24.3 Å². The molecule has 2 N–H and O–H groups in total. The van der Waals surface area contributed by atoms with E-state index in [0.29, 0.717) is 22.5 Å². The molecule has 0 unspecified atom stereocenters. The molecule has 158 valence electrons. The SMILES string of the molecule is Cc1noc(NS(=O)(=O)c2ccc(NC(=O)c3cccc(-n4cccc4)c3)cc2)c1C. The van der Waals surface area contributed by atoms with Crippen molar-refractivity contribution in [3.8, 4) is 5.69 Å². The van der Waals surface area contributed by atoms with Gasteiger partial charge in [-0.25, -0.2) is 13.1 Å². The Labute approximate surface area is 179 Å². The molecular formula is C22H20N4O4S. The van der Waals surface area contributed by atoms with Gasteiger partial charge < -0.3 is 14.4 Å². The van der Waals surface area contributed by atoms with Crippen LogP contribution in [0, 0.1) is 13.8 Å². The Kier molecular flexibility index (Phi) is 5.35. The number of anilines is 2. The molecule has 9 heteroatoms. The van der Waals surface area contributed by atoms with Gasteiger partial charge in [-0.05, 0) is 68.4 Å². The van der Waals surface area contributed by atoms with Crippen LogP contribution in [0.5, 0.6) is 0 Å². The van der Waals surface area contributed by atoms with Gasteiger partial charge in [-0.3, -0.25) is 4.79 Å². The lowest BCUT2D eigenvalue weighted by atomic mass is 10.2. The first-order valence-corrected chi connectivity index (χ1v) is 10.9. The van der Waals surface area contributed by atoms with Crippen molar-refractivity contribution in [2.24, 2.45) is 0 Å². The summed E-state index contributed by atoms with van der Waals surface area (Å²) in [5.41, 5.74) is 3.05. The third-order valence-corrected chi connectivity index (χ3v) is 6.16. The van der Waals surface area contributed by atoms with Crippen molar-refractivity contribution in [2.45, 2.75) is 18.7 Å². The number of hydrogen-bond donors (Lipinski definition) is 2. The first kappa shape index (κ1) is 20.4. The van der Waals surface area contributed by atoms with Gasteiger partial charge in [-0.15, -0.1) is 0 Å². The average Bonchev–Trinajstić information content (AvgIpc) is 3.41. The monoisotopic (exact) mass is 436 g/mol. The molecule has 0 spiro atoms. The van der Waals surface area contributed by atoms with Crippen LogP contribution in [0.15, 0.2) is 82.5 Å². The Balaban J connectivity index is 1.48. The zero-order chi connectivity index (χ0) is 22.0. The third kappa shape index (κ3) is 4.36. The van der Waals surface area contributed by atoms with Gasteiger partial charge in [0.15, 0.2) is 0 Å². The summed E-state index contributed by atoms with van der Waals surface area (Å²) >= 11 is 0. The molecule has 0 bridgehead atoms. The molecule has 8 nitrogen and oxygen atoms in total. The number of aromatic nitrogens is 2. The highest BCUT2D eigenvalue weighted by Gasteiger charge is 2.19. The molecule has 0 radical (unpaired) electrons. The van der Waals surface area contributed by atoms with Crippen LogP contribution in [-0.4, -0.2) is 24.0 Å².